The summed E-state index contributed by atoms with van der Waals surface area (Å²) in [4.78, 5) is 12.5. The first-order chi connectivity index (χ1) is 13.9. The molecule has 0 radical (unpaired) electrons. The number of carbonyl (C=O) groups is 1. The van der Waals surface area contributed by atoms with Gasteiger partial charge in [-0.2, -0.15) is 0 Å². The van der Waals surface area contributed by atoms with E-state index in [0.717, 1.165) is 10.5 Å². The summed E-state index contributed by atoms with van der Waals surface area (Å²) < 4.78 is 33.0. The molecule has 29 heavy (non-hydrogen) atoms. The molecule has 0 unspecified atom stereocenters. The van der Waals surface area contributed by atoms with Crippen LogP contribution in [0.3, 0.4) is 0 Å². The zero-order chi connectivity index (χ0) is 20.9. The molecule has 8 heteroatoms. The first-order valence-electron chi connectivity index (χ1n) is 8.56. The smallest absolute Gasteiger partial charge is 0.337 e. The van der Waals surface area contributed by atoms with Crippen molar-refractivity contribution in [1.82, 2.24) is 0 Å². The Kier molecular flexibility index (Phi) is 6.84. The lowest BCUT2D eigenvalue weighted by Crippen LogP contribution is -2.14. The molecule has 0 aliphatic carbocycles. The van der Waals surface area contributed by atoms with Crippen molar-refractivity contribution in [2.75, 3.05) is 11.8 Å². The normalized spacial score (nSPS) is 11.1. The van der Waals surface area contributed by atoms with Gasteiger partial charge in [0.1, 0.15) is 0 Å². The summed E-state index contributed by atoms with van der Waals surface area (Å²) in [6.45, 7) is 0. The van der Waals surface area contributed by atoms with Crippen LogP contribution in [0.1, 0.15) is 15.9 Å². The quantitative estimate of drug-likeness (QED) is 0.397. The highest BCUT2D eigenvalue weighted by molar-refractivity contribution is 7.98. The number of benzene rings is 3. The Morgan fingerprint density at radius 3 is 2.48 bits per heavy atom. The van der Waals surface area contributed by atoms with Crippen molar-refractivity contribution < 1.29 is 17.9 Å². The van der Waals surface area contributed by atoms with Crippen molar-refractivity contribution in [3.63, 3.8) is 0 Å². The third kappa shape index (κ3) is 5.53. The highest BCUT2D eigenvalue weighted by atomic mass is 35.5. The Morgan fingerprint density at radius 1 is 1.03 bits per heavy atom. The molecule has 0 atom stereocenters. The summed E-state index contributed by atoms with van der Waals surface area (Å²) >= 11 is 7.42. The molecule has 3 aromatic carbocycles. The van der Waals surface area contributed by atoms with Crippen LogP contribution in [-0.4, -0.2) is 21.5 Å². The van der Waals surface area contributed by atoms with Crippen LogP contribution in [0.4, 0.5) is 5.69 Å². The van der Waals surface area contributed by atoms with Crippen molar-refractivity contribution in [2.24, 2.45) is 0 Å². The topological polar surface area (TPSA) is 72.5 Å². The molecule has 0 aliphatic heterocycles. The fraction of sp³-hybridized carbons (Fsp3) is 0.0952. The number of ether oxygens (including phenoxy) is 1. The molecular formula is C21H18ClNO4S2. The summed E-state index contributed by atoms with van der Waals surface area (Å²) in [6.07, 6.45) is 0. The number of sulfonamides is 1. The van der Waals surface area contributed by atoms with Gasteiger partial charge in [0.15, 0.2) is 0 Å². The third-order valence-electron chi connectivity index (χ3n) is 4.00. The average molecular weight is 448 g/mol. The van der Waals surface area contributed by atoms with Crippen LogP contribution >= 0.6 is 23.4 Å². The van der Waals surface area contributed by atoms with E-state index in [4.69, 9.17) is 11.6 Å². The summed E-state index contributed by atoms with van der Waals surface area (Å²) in [5.74, 6) is 0.0641. The first-order valence-corrected chi connectivity index (χ1v) is 11.4. The van der Waals surface area contributed by atoms with Gasteiger partial charge in [-0.15, -0.1) is 11.8 Å². The number of carbonyl (C=O) groups excluding carboxylic acids is 1. The Morgan fingerprint density at radius 2 is 1.76 bits per heavy atom. The van der Waals surface area contributed by atoms with Crippen molar-refractivity contribution in [1.29, 1.82) is 0 Å². The maximum atomic E-state index is 12.8. The molecule has 5 nitrogen and oxygen atoms in total. The van der Waals surface area contributed by atoms with E-state index in [-0.39, 0.29) is 10.5 Å². The minimum atomic E-state index is -3.88. The van der Waals surface area contributed by atoms with E-state index in [0.29, 0.717) is 16.5 Å². The molecule has 0 spiro atoms. The molecule has 0 amide bonds. The first kappa shape index (κ1) is 21.2. The Bertz CT molecular complexity index is 1120. The zero-order valence-electron chi connectivity index (χ0n) is 15.5. The number of hydrogen-bond donors (Lipinski definition) is 1. The SMILES string of the molecule is COC(=O)c1cccc(S(=O)(=O)Nc2ccccc2SCc2ccc(Cl)cc2)c1. The van der Waals surface area contributed by atoms with E-state index in [1.165, 1.54) is 43.1 Å². The van der Waals surface area contributed by atoms with Crippen LogP contribution in [0.2, 0.25) is 5.02 Å². The van der Waals surface area contributed by atoms with Crippen molar-refractivity contribution >= 4 is 45.0 Å². The Balaban J connectivity index is 1.81. The van der Waals surface area contributed by atoms with E-state index >= 15 is 0 Å². The van der Waals surface area contributed by atoms with Gasteiger partial charge in [-0.1, -0.05) is 41.9 Å². The number of thioether (sulfide) groups is 1. The number of halogens is 1. The van der Waals surface area contributed by atoms with Crippen molar-refractivity contribution in [2.45, 2.75) is 15.5 Å². The van der Waals surface area contributed by atoms with Gasteiger partial charge in [0, 0.05) is 15.7 Å². The van der Waals surface area contributed by atoms with Crippen molar-refractivity contribution in [3.05, 3.63) is 88.9 Å². The summed E-state index contributed by atoms with van der Waals surface area (Å²) in [5.41, 5.74) is 1.71. The summed E-state index contributed by atoms with van der Waals surface area (Å²) in [6, 6.07) is 20.4. The molecule has 0 bridgehead atoms. The van der Waals surface area contributed by atoms with Crippen LogP contribution in [0.15, 0.2) is 82.6 Å². The molecule has 0 aliphatic rings. The minimum Gasteiger partial charge on any atom is -0.465 e. The molecule has 150 valence electrons. The maximum absolute atomic E-state index is 12.8. The molecule has 0 saturated heterocycles. The summed E-state index contributed by atoms with van der Waals surface area (Å²) in [7, 11) is -2.63. The zero-order valence-corrected chi connectivity index (χ0v) is 17.9. The molecule has 0 aromatic heterocycles. The van der Waals surface area contributed by atoms with E-state index in [1.54, 1.807) is 12.1 Å². The predicted octanol–water partition coefficient (Wildman–Crippen LogP) is 5.22. The van der Waals surface area contributed by atoms with E-state index in [1.807, 2.05) is 36.4 Å². The van der Waals surface area contributed by atoms with Crippen LogP contribution in [0.5, 0.6) is 0 Å². The number of nitrogens with one attached hydrogen (secondary N) is 1. The number of hydrogen-bond acceptors (Lipinski definition) is 5. The van der Waals surface area contributed by atoms with Crippen LogP contribution in [0, 0.1) is 0 Å². The molecule has 3 aromatic rings. The Hall–Kier alpha value is -2.48. The Labute approximate surface area is 179 Å². The number of para-hydroxylation sites is 1. The highest BCUT2D eigenvalue weighted by Gasteiger charge is 2.18. The number of anilines is 1. The minimum absolute atomic E-state index is 0.0158. The fourth-order valence-electron chi connectivity index (χ4n) is 2.53. The van der Waals surface area contributed by atoms with E-state index < -0.39 is 16.0 Å². The second-order valence-corrected chi connectivity index (χ2v) is 9.17. The van der Waals surface area contributed by atoms with Gasteiger partial charge in [-0.05, 0) is 48.0 Å². The highest BCUT2D eigenvalue weighted by Crippen LogP contribution is 2.31. The standard InChI is InChI=1S/C21H18ClNO4S2/c1-27-21(24)16-5-4-6-18(13-16)29(25,26)23-19-7-2-3-8-20(19)28-14-15-9-11-17(22)12-10-15/h2-13,23H,14H2,1H3. The molecule has 0 saturated carbocycles. The lowest BCUT2D eigenvalue weighted by Gasteiger charge is -2.13. The van der Waals surface area contributed by atoms with Gasteiger partial charge in [0.25, 0.3) is 10.0 Å². The molecular weight excluding hydrogens is 430 g/mol. The largest absolute Gasteiger partial charge is 0.465 e. The van der Waals surface area contributed by atoms with E-state index in [2.05, 4.69) is 9.46 Å². The fourth-order valence-corrected chi connectivity index (χ4v) is 4.81. The number of methoxy groups -OCH3 is 1. The monoisotopic (exact) mass is 447 g/mol. The van der Waals surface area contributed by atoms with Gasteiger partial charge < -0.3 is 4.74 Å². The molecule has 0 fully saturated rings. The van der Waals surface area contributed by atoms with E-state index in [9.17, 15) is 13.2 Å². The third-order valence-corrected chi connectivity index (χ3v) is 6.76. The number of esters is 1. The average Bonchev–Trinajstić information content (AvgIpc) is 2.73. The van der Waals surface area contributed by atoms with Crippen LogP contribution in [-0.2, 0) is 20.5 Å². The molecule has 0 heterocycles. The van der Waals surface area contributed by atoms with Gasteiger partial charge >= 0.3 is 5.97 Å². The van der Waals surface area contributed by atoms with Crippen LogP contribution in [0.25, 0.3) is 0 Å². The lowest BCUT2D eigenvalue weighted by atomic mass is 10.2. The maximum Gasteiger partial charge on any atom is 0.337 e. The number of rotatable bonds is 7. The second kappa shape index (κ2) is 9.35. The molecule has 3 rings (SSSR count). The van der Waals surface area contributed by atoms with Gasteiger partial charge in [-0.25, -0.2) is 13.2 Å². The lowest BCUT2D eigenvalue weighted by molar-refractivity contribution is 0.0600. The van der Waals surface area contributed by atoms with Gasteiger partial charge in [0.2, 0.25) is 0 Å². The van der Waals surface area contributed by atoms with Crippen molar-refractivity contribution in [3.8, 4) is 0 Å². The van der Waals surface area contributed by atoms with Gasteiger partial charge in [0.05, 0.1) is 23.3 Å². The van der Waals surface area contributed by atoms with Gasteiger partial charge in [-0.3, -0.25) is 4.72 Å². The predicted molar refractivity (Wildman–Crippen MR) is 116 cm³/mol. The molecule has 1 N–H and O–H groups in total. The van der Waals surface area contributed by atoms with Crippen LogP contribution < -0.4 is 4.72 Å². The summed E-state index contributed by atoms with van der Waals surface area (Å²) in [5, 5.41) is 0.668. The second-order valence-electron chi connectivity index (χ2n) is 6.04.